The number of aromatic nitrogens is 3. The van der Waals surface area contributed by atoms with Crippen molar-refractivity contribution >= 4 is 78.4 Å². The van der Waals surface area contributed by atoms with Crippen LogP contribution in [0, 0.1) is 20.8 Å². The Hall–Kier alpha value is -9.06. The minimum Gasteiger partial charge on any atom is -0.314 e. The highest BCUT2D eigenvalue weighted by atomic mass is 15.2. The number of anilines is 4. The quantitative estimate of drug-likeness (QED) is 0.108. The van der Waals surface area contributed by atoms with E-state index >= 15 is 0 Å². The first kappa shape index (κ1) is 47.9. The normalized spacial score (nSPS) is 12.1. The minimum atomic E-state index is 0.802. The molecule has 0 N–H and O–H groups in total. The predicted octanol–water partition coefficient (Wildman–Crippen LogP) is 19.3. The second-order valence-electron chi connectivity index (χ2n) is 19.9. The molecule has 372 valence electrons. The topological polar surface area (TPSA) is 21.3 Å². The molecular weight excluding hydrogens is 923 g/mol. The number of para-hydroxylation sites is 5. The lowest BCUT2D eigenvalue weighted by Crippen LogP contribution is -2.16. The van der Waals surface area contributed by atoms with Gasteiger partial charge in [-0.3, -0.25) is 0 Å². The molecule has 9 aromatic carbocycles. The summed E-state index contributed by atoms with van der Waals surface area (Å²) in [5.74, 6) is 0. The number of hydrogen-bond acceptors (Lipinski definition) is 2. The van der Waals surface area contributed by atoms with Gasteiger partial charge in [-0.05, 0) is 172 Å². The van der Waals surface area contributed by atoms with E-state index < -0.39 is 0 Å². The van der Waals surface area contributed by atoms with Gasteiger partial charge in [0.05, 0.1) is 16.6 Å². The van der Waals surface area contributed by atoms with Crippen molar-refractivity contribution in [3.8, 4) is 17.1 Å². The summed E-state index contributed by atoms with van der Waals surface area (Å²) in [7, 11) is 0. The van der Waals surface area contributed by atoms with Gasteiger partial charge in [0.15, 0.2) is 0 Å². The largest absolute Gasteiger partial charge is 0.314 e. The van der Waals surface area contributed by atoms with Crippen LogP contribution in [0.1, 0.15) is 67.4 Å². The average Bonchev–Trinajstić information content (AvgIpc) is 4.15. The summed E-state index contributed by atoms with van der Waals surface area (Å²) in [6, 6.07) is 81.9. The van der Waals surface area contributed by atoms with Crippen molar-refractivity contribution < 1.29 is 0 Å². The summed E-state index contributed by atoms with van der Waals surface area (Å²) >= 11 is 0. The minimum absolute atomic E-state index is 0.802. The highest BCUT2D eigenvalue weighted by molar-refractivity contribution is 5.99. The fourth-order valence-corrected chi connectivity index (χ4v) is 11.8. The Balaban J connectivity index is 1.09. The summed E-state index contributed by atoms with van der Waals surface area (Å²) in [6.07, 6.45) is 7.38. The van der Waals surface area contributed by atoms with Crippen LogP contribution in [0.15, 0.2) is 236 Å². The van der Waals surface area contributed by atoms with Crippen molar-refractivity contribution in [1.82, 2.24) is 13.7 Å². The van der Waals surface area contributed by atoms with Gasteiger partial charge in [-0.25, -0.2) is 0 Å². The second kappa shape index (κ2) is 20.3. The zero-order valence-corrected chi connectivity index (χ0v) is 44.4. The first-order valence-corrected chi connectivity index (χ1v) is 27.0. The van der Waals surface area contributed by atoms with Crippen LogP contribution in [0.5, 0.6) is 0 Å². The van der Waals surface area contributed by atoms with Gasteiger partial charge in [-0.1, -0.05) is 142 Å². The molecule has 0 aliphatic rings. The van der Waals surface area contributed by atoms with Crippen molar-refractivity contribution in [3.05, 3.63) is 270 Å². The molecule has 0 fully saturated rings. The average molecular weight is 986 g/mol. The maximum absolute atomic E-state index is 2.52. The Morgan fingerprint density at radius 1 is 0.368 bits per heavy atom. The first-order valence-electron chi connectivity index (χ1n) is 27.0. The molecule has 12 rings (SSSR count). The van der Waals surface area contributed by atoms with E-state index in [4.69, 9.17) is 0 Å². The third-order valence-electron chi connectivity index (χ3n) is 15.6. The van der Waals surface area contributed by atoms with Gasteiger partial charge in [-0.15, -0.1) is 0 Å². The van der Waals surface area contributed by atoms with Crippen molar-refractivity contribution in [1.29, 1.82) is 0 Å². The summed E-state index contributed by atoms with van der Waals surface area (Å²) in [5, 5.41) is 6.15. The molecule has 12 aromatic rings. The molecule has 0 aliphatic heterocycles. The third kappa shape index (κ3) is 8.39. The number of allylic oxidation sites excluding steroid dienone is 2. The van der Waals surface area contributed by atoms with Crippen molar-refractivity contribution in [2.45, 2.75) is 60.8 Å². The molecule has 0 aliphatic carbocycles. The third-order valence-corrected chi connectivity index (χ3v) is 15.6. The van der Waals surface area contributed by atoms with Gasteiger partial charge in [0, 0.05) is 95.6 Å². The maximum atomic E-state index is 2.52. The van der Waals surface area contributed by atoms with Crippen molar-refractivity contribution in [2.24, 2.45) is 0 Å². The van der Waals surface area contributed by atoms with Crippen LogP contribution in [0.3, 0.4) is 0 Å². The van der Waals surface area contributed by atoms with Gasteiger partial charge in [0.25, 0.3) is 0 Å². The van der Waals surface area contributed by atoms with Crippen LogP contribution >= 0.6 is 0 Å². The number of rotatable bonds is 14. The first-order chi connectivity index (χ1) is 37.3. The van der Waals surface area contributed by atoms with Crippen LogP contribution in [-0.2, 0) is 6.42 Å². The molecule has 0 saturated heterocycles. The summed E-state index contributed by atoms with van der Waals surface area (Å²) in [4.78, 5) is 4.97. The number of nitrogens with zero attached hydrogens (tertiary/aromatic N) is 5. The van der Waals surface area contributed by atoms with Gasteiger partial charge in [-0.2, -0.15) is 0 Å². The van der Waals surface area contributed by atoms with Crippen LogP contribution in [-0.4, -0.2) is 13.7 Å². The van der Waals surface area contributed by atoms with E-state index in [1.165, 1.54) is 94.3 Å². The van der Waals surface area contributed by atoms with Crippen LogP contribution in [0.25, 0.3) is 72.7 Å². The number of hydrogen-bond donors (Lipinski definition) is 0. The fourth-order valence-electron chi connectivity index (χ4n) is 11.8. The predicted molar refractivity (Wildman–Crippen MR) is 325 cm³/mol. The second-order valence-corrected chi connectivity index (χ2v) is 19.9. The SMILES string of the molecule is CC/C(=C\c1c(CC)n(-c2ccc3ccccc3c2)c2ccc(N(/C(=C/c3c(C)n(-c4ccccc4)c4ccccc34)CC)c3ccccc3)cc12)N(c1ccccc1)c1ccc2c(c1)c(C)c(C)n2-c1ccccc1. The van der Waals surface area contributed by atoms with Crippen molar-refractivity contribution in [2.75, 3.05) is 9.80 Å². The van der Waals surface area contributed by atoms with E-state index in [0.717, 1.165) is 53.4 Å². The Labute approximate surface area is 447 Å². The van der Waals surface area contributed by atoms with Gasteiger partial charge >= 0.3 is 0 Å². The monoisotopic (exact) mass is 986 g/mol. The molecule has 0 bridgehead atoms. The Morgan fingerprint density at radius 3 is 1.42 bits per heavy atom. The Morgan fingerprint density at radius 2 is 0.842 bits per heavy atom. The molecule has 0 spiro atoms. The van der Waals surface area contributed by atoms with Crippen LogP contribution in [0.2, 0.25) is 0 Å². The highest BCUT2D eigenvalue weighted by Gasteiger charge is 2.25. The smallest absolute Gasteiger partial charge is 0.0539 e. The maximum Gasteiger partial charge on any atom is 0.0539 e. The van der Waals surface area contributed by atoms with E-state index in [1.54, 1.807) is 0 Å². The number of fused-ring (bicyclic) bond motifs is 4. The van der Waals surface area contributed by atoms with Gasteiger partial charge in [0.1, 0.15) is 0 Å². The molecule has 0 radical (unpaired) electrons. The molecule has 3 heterocycles. The molecule has 5 heteroatoms. The van der Waals surface area contributed by atoms with Gasteiger partial charge < -0.3 is 23.5 Å². The Bertz CT molecular complexity index is 4130. The lowest BCUT2D eigenvalue weighted by molar-refractivity contribution is 0.956. The highest BCUT2D eigenvalue weighted by Crippen LogP contribution is 2.43. The molecule has 0 atom stereocenters. The zero-order chi connectivity index (χ0) is 51.9. The lowest BCUT2D eigenvalue weighted by Gasteiger charge is -2.28. The van der Waals surface area contributed by atoms with Crippen molar-refractivity contribution in [3.63, 3.8) is 0 Å². The molecule has 0 unspecified atom stereocenters. The Kier molecular flexibility index (Phi) is 12.8. The lowest BCUT2D eigenvalue weighted by atomic mass is 10.0. The summed E-state index contributed by atoms with van der Waals surface area (Å²) < 4.78 is 7.32. The molecule has 0 amide bonds. The van der Waals surface area contributed by atoms with E-state index in [1.807, 2.05) is 0 Å². The van der Waals surface area contributed by atoms with E-state index in [2.05, 4.69) is 302 Å². The molecule has 3 aromatic heterocycles. The summed E-state index contributed by atoms with van der Waals surface area (Å²) in [5.41, 5.74) is 21.5. The van der Waals surface area contributed by atoms with E-state index in [9.17, 15) is 0 Å². The molecule has 0 saturated carbocycles. The van der Waals surface area contributed by atoms with E-state index in [-0.39, 0.29) is 0 Å². The molecular formula is C71H63N5. The summed E-state index contributed by atoms with van der Waals surface area (Å²) in [6.45, 7) is 13.7. The standard InChI is InChI=1S/C71H63N5/c1-7-54(45-65-51(6)73(57-30-16-11-17-31-57)69-37-25-24-36-63(65)69)74(58-32-18-12-19-33-58)62-41-43-71-67(48-62)66(68(9-3)76(71)60-39-38-52-26-22-23-27-53(52)44-60)46-55(8-2)75(59-34-20-13-21-35-59)61-40-42-70-64(47-61)49(4)50(5)72(70)56-28-14-10-15-29-56/h10-48H,7-9H2,1-6H3/b54-45+,55-46+. The zero-order valence-electron chi connectivity index (χ0n) is 44.4. The van der Waals surface area contributed by atoms with Crippen LogP contribution in [0.4, 0.5) is 22.7 Å². The fraction of sp³-hybridized carbons (Fsp3) is 0.127. The number of aryl methyl sites for hydroxylation is 1. The molecule has 5 nitrogen and oxygen atoms in total. The number of benzene rings is 9. The van der Waals surface area contributed by atoms with E-state index in [0.29, 0.717) is 0 Å². The van der Waals surface area contributed by atoms with Gasteiger partial charge in [0.2, 0.25) is 0 Å². The molecule has 76 heavy (non-hydrogen) atoms. The van der Waals surface area contributed by atoms with Crippen LogP contribution < -0.4 is 9.80 Å².